The standard InChI is InChI=1S/C14H9F6NO2/c1-22-12-6-10(21-7-9(12)13(15,16)17)8-4-2-3-5-11(8)23-14(18,19)20/h2-7H,1H3. The van der Waals surface area contributed by atoms with E-state index in [4.69, 9.17) is 0 Å². The molecule has 1 heterocycles. The van der Waals surface area contributed by atoms with Gasteiger partial charge in [-0.15, -0.1) is 13.2 Å². The molecule has 0 aliphatic heterocycles. The Labute approximate surface area is 126 Å². The van der Waals surface area contributed by atoms with Gasteiger partial charge in [-0.25, -0.2) is 0 Å². The predicted octanol–water partition coefficient (Wildman–Crippen LogP) is 4.67. The summed E-state index contributed by atoms with van der Waals surface area (Å²) in [5.41, 5.74) is -1.38. The number of ether oxygens (including phenoxy) is 2. The van der Waals surface area contributed by atoms with Crippen molar-refractivity contribution < 1.29 is 35.8 Å². The molecule has 1 aromatic heterocycles. The first kappa shape index (κ1) is 16.9. The molecule has 1 aromatic carbocycles. The largest absolute Gasteiger partial charge is 0.573 e. The molecule has 0 fully saturated rings. The van der Waals surface area contributed by atoms with Gasteiger partial charge in [-0.05, 0) is 12.1 Å². The molecular weight excluding hydrogens is 328 g/mol. The van der Waals surface area contributed by atoms with Crippen LogP contribution in [0, 0.1) is 0 Å². The first-order valence-electron chi connectivity index (χ1n) is 6.08. The zero-order chi connectivity index (χ0) is 17.3. The molecule has 0 aliphatic carbocycles. The molecule has 0 saturated heterocycles. The SMILES string of the molecule is COc1cc(-c2ccccc2OC(F)(F)F)ncc1C(F)(F)F. The number of nitrogens with zero attached hydrogens (tertiary/aromatic N) is 1. The second-order valence-corrected chi connectivity index (χ2v) is 4.31. The van der Waals surface area contributed by atoms with Crippen LogP contribution in [0.5, 0.6) is 11.5 Å². The normalized spacial score (nSPS) is 12.1. The fraction of sp³-hybridized carbons (Fsp3) is 0.214. The van der Waals surface area contributed by atoms with Crippen molar-refractivity contribution in [1.29, 1.82) is 0 Å². The molecule has 124 valence electrons. The molecule has 0 N–H and O–H groups in total. The molecule has 0 aliphatic rings. The van der Waals surface area contributed by atoms with Gasteiger partial charge in [-0.3, -0.25) is 4.98 Å². The Morgan fingerprint density at radius 1 is 0.957 bits per heavy atom. The highest BCUT2D eigenvalue weighted by Crippen LogP contribution is 2.39. The van der Waals surface area contributed by atoms with E-state index in [0.717, 1.165) is 19.2 Å². The lowest BCUT2D eigenvalue weighted by molar-refractivity contribution is -0.274. The molecule has 23 heavy (non-hydrogen) atoms. The van der Waals surface area contributed by atoms with E-state index in [1.807, 2.05) is 0 Å². The summed E-state index contributed by atoms with van der Waals surface area (Å²) in [5.74, 6) is -1.13. The molecule has 0 unspecified atom stereocenters. The van der Waals surface area contributed by atoms with E-state index in [9.17, 15) is 26.3 Å². The second-order valence-electron chi connectivity index (χ2n) is 4.31. The van der Waals surface area contributed by atoms with Crippen LogP contribution in [-0.2, 0) is 6.18 Å². The van der Waals surface area contributed by atoms with Gasteiger partial charge in [0.1, 0.15) is 17.1 Å². The number of hydrogen-bond acceptors (Lipinski definition) is 3. The van der Waals surface area contributed by atoms with Crippen LogP contribution in [0.25, 0.3) is 11.3 Å². The number of hydrogen-bond donors (Lipinski definition) is 0. The lowest BCUT2D eigenvalue weighted by Crippen LogP contribution is -2.17. The van der Waals surface area contributed by atoms with E-state index in [2.05, 4.69) is 14.5 Å². The Kier molecular flexibility index (Phi) is 4.39. The highest BCUT2D eigenvalue weighted by Gasteiger charge is 2.36. The van der Waals surface area contributed by atoms with Gasteiger partial charge in [0, 0.05) is 17.8 Å². The van der Waals surface area contributed by atoms with E-state index in [-0.39, 0.29) is 11.3 Å². The molecular formula is C14H9F6NO2. The summed E-state index contributed by atoms with van der Waals surface area (Å²) >= 11 is 0. The summed E-state index contributed by atoms with van der Waals surface area (Å²) in [5, 5.41) is 0. The lowest BCUT2D eigenvalue weighted by atomic mass is 10.1. The minimum Gasteiger partial charge on any atom is -0.496 e. The number of aromatic nitrogens is 1. The summed E-state index contributed by atoms with van der Waals surface area (Å²) in [6, 6.07) is 5.89. The quantitative estimate of drug-likeness (QED) is 0.763. The number of rotatable bonds is 3. The maximum Gasteiger partial charge on any atom is 0.573 e. The second kappa shape index (κ2) is 5.98. The van der Waals surface area contributed by atoms with Crippen molar-refractivity contribution in [1.82, 2.24) is 4.98 Å². The van der Waals surface area contributed by atoms with Crippen LogP contribution in [-0.4, -0.2) is 18.5 Å². The first-order valence-corrected chi connectivity index (χ1v) is 6.08. The van der Waals surface area contributed by atoms with Gasteiger partial charge < -0.3 is 9.47 Å². The summed E-state index contributed by atoms with van der Waals surface area (Å²) in [4.78, 5) is 3.57. The van der Waals surface area contributed by atoms with Crippen LogP contribution in [0.1, 0.15) is 5.56 Å². The number of pyridine rings is 1. The molecule has 0 bridgehead atoms. The van der Waals surface area contributed by atoms with Gasteiger partial charge >= 0.3 is 12.5 Å². The maximum absolute atomic E-state index is 12.8. The lowest BCUT2D eigenvalue weighted by Gasteiger charge is -2.15. The minimum absolute atomic E-state index is 0.114. The Balaban J connectivity index is 2.52. The van der Waals surface area contributed by atoms with Crippen molar-refractivity contribution in [3.8, 4) is 22.8 Å². The highest BCUT2D eigenvalue weighted by molar-refractivity contribution is 5.68. The van der Waals surface area contributed by atoms with Crippen molar-refractivity contribution in [2.24, 2.45) is 0 Å². The number of alkyl halides is 6. The Bertz CT molecular complexity index is 696. The minimum atomic E-state index is -4.94. The van der Waals surface area contributed by atoms with Gasteiger partial charge in [-0.1, -0.05) is 12.1 Å². The third-order valence-electron chi connectivity index (χ3n) is 2.78. The van der Waals surface area contributed by atoms with Gasteiger partial charge in [-0.2, -0.15) is 13.2 Å². The van der Waals surface area contributed by atoms with Crippen LogP contribution in [0.4, 0.5) is 26.3 Å². The van der Waals surface area contributed by atoms with Gasteiger partial charge in [0.05, 0.1) is 12.8 Å². The van der Waals surface area contributed by atoms with Crippen molar-refractivity contribution in [3.63, 3.8) is 0 Å². The third kappa shape index (κ3) is 4.05. The topological polar surface area (TPSA) is 31.4 Å². The highest BCUT2D eigenvalue weighted by atomic mass is 19.4. The zero-order valence-electron chi connectivity index (χ0n) is 11.5. The average molecular weight is 337 g/mol. The summed E-state index contributed by atoms with van der Waals surface area (Å²) in [6.07, 6.45) is -9.14. The third-order valence-corrected chi connectivity index (χ3v) is 2.78. The zero-order valence-corrected chi connectivity index (χ0v) is 11.5. The molecule has 0 atom stereocenters. The van der Waals surface area contributed by atoms with Gasteiger partial charge in [0.15, 0.2) is 0 Å². The van der Waals surface area contributed by atoms with E-state index in [1.165, 1.54) is 18.2 Å². The van der Waals surface area contributed by atoms with Crippen molar-refractivity contribution in [3.05, 3.63) is 42.1 Å². The number of para-hydroxylation sites is 1. The average Bonchev–Trinajstić information content (AvgIpc) is 2.44. The van der Waals surface area contributed by atoms with Crippen LogP contribution >= 0.6 is 0 Å². The molecule has 0 saturated carbocycles. The van der Waals surface area contributed by atoms with Crippen LogP contribution in [0.3, 0.4) is 0 Å². The molecule has 0 spiro atoms. The van der Waals surface area contributed by atoms with Crippen molar-refractivity contribution in [2.45, 2.75) is 12.5 Å². The molecule has 0 radical (unpaired) electrons. The fourth-order valence-corrected chi connectivity index (χ4v) is 1.86. The molecule has 0 amide bonds. The van der Waals surface area contributed by atoms with E-state index < -0.39 is 29.6 Å². The monoisotopic (exact) mass is 337 g/mol. The first-order chi connectivity index (χ1) is 10.6. The van der Waals surface area contributed by atoms with Crippen LogP contribution in [0.15, 0.2) is 36.5 Å². The van der Waals surface area contributed by atoms with E-state index >= 15 is 0 Å². The van der Waals surface area contributed by atoms with Crippen molar-refractivity contribution >= 4 is 0 Å². The van der Waals surface area contributed by atoms with Gasteiger partial charge in [0.2, 0.25) is 0 Å². The molecule has 2 rings (SSSR count). The molecule has 2 aromatic rings. The number of halogens is 6. The van der Waals surface area contributed by atoms with Crippen molar-refractivity contribution in [2.75, 3.05) is 7.11 Å². The van der Waals surface area contributed by atoms with Crippen LogP contribution < -0.4 is 9.47 Å². The summed E-state index contributed by atoms with van der Waals surface area (Å²) < 4.78 is 84.0. The summed E-state index contributed by atoms with van der Waals surface area (Å²) in [6.45, 7) is 0. The van der Waals surface area contributed by atoms with Crippen LogP contribution in [0.2, 0.25) is 0 Å². The Hall–Kier alpha value is -2.45. The molecule has 3 nitrogen and oxygen atoms in total. The summed E-state index contributed by atoms with van der Waals surface area (Å²) in [7, 11) is 1.02. The Morgan fingerprint density at radius 2 is 1.61 bits per heavy atom. The number of benzene rings is 1. The Morgan fingerprint density at radius 3 is 2.17 bits per heavy atom. The molecule has 9 heteroatoms. The van der Waals surface area contributed by atoms with Gasteiger partial charge in [0.25, 0.3) is 0 Å². The van der Waals surface area contributed by atoms with E-state index in [1.54, 1.807) is 0 Å². The maximum atomic E-state index is 12.8. The predicted molar refractivity (Wildman–Crippen MR) is 67.9 cm³/mol. The number of methoxy groups -OCH3 is 1. The smallest absolute Gasteiger partial charge is 0.496 e. The van der Waals surface area contributed by atoms with E-state index in [0.29, 0.717) is 6.20 Å². The fourth-order valence-electron chi connectivity index (χ4n) is 1.86.